The molecule has 2 aliphatic rings. The van der Waals surface area contributed by atoms with Crippen molar-refractivity contribution in [3.05, 3.63) is 29.8 Å². The molecule has 0 bridgehead atoms. The molecule has 6 nitrogen and oxygen atoms in total. The summed E-state index contributed by atoms with van der Waals surface area (Å²) >= 11 is 0. The van der Waals surface area contributed by atoms with E-state index in [0.29, 0.717) is 0 Å². The van der Waals surface area contributed by atoms with Crippen LogP contribution >= 0.6 is 0 Å². The Morgan fingerprint density at radius 2 is 1.84 bits per heavy atom. The Bertz CT molecular complexity index is 505. The predicted octanol–water partition coefficient (Wildman–Crippen LogP) is 0.506. The summed E-state index contributed by atoms with van der Waals surface area (Å²) in [6.45, 7) is 9.47. The molecule has 0 radical (unpaired) electrons. The van der Waals surface area contributed by atoms with Gasteiger partial charge in [-0.1, -0.05) is 12.1 Å². The Hall–Kier alpha value is -1.18. The number of morpholine rings is 1. The number of rotatable bonds is 7. The molecule has 2 fully saturated rings. The molecule has 1 aromatic rings. The third-order valence-electron chi connectivity index (χ3n) is 5.18. The van der Waals surface area contributed by atoms with Gasteiger partial charge in [-0.2, -0.15) is 0 Å². The maximum atomic E-state index is 9.46. The number of hydrogen-bond donors (Lipinski definition) is 1. The maximum absolute atomic E-state index is 9.46. The van der Waals surface area contributed by atoms with Gasteiger partial charge in [-0.3, -0.25) is 14.7 Å². The molecule has 2 heterocycles. The molecule has 1 atom stereocenters. The molecule has 2 aliphatic heterocycles. The lowest BCUT2D eigenvalue weighted by Gasteiger charge is -2.38. The lowest BCUT2D eigenvalue weighted by atomic mass is 10.1. The minimum absolute atomic E-state index is 0.225. The largest absolute Gasteiger partial charge is 0.492 e. The second-order valence-electron chi connectivity index (χ2n) is 7.00. The van der Waals surface area contributed by atoms with E-state index in [-0.39, 0.29) is 12.6 Å². The smallest absolute Gasteiger partial charge is 0.119 e. The molecule has 0 saturated carbocycles. The first kappa shape index (κ1) is 18.6. The first-order chi connectivity index (χ1) is 12.2. The normalized spacial score (nSPS) is 23.7. The van der Waals surface area contributed by atoms with Crippen LogP contribution in [0.25, 0.3) is 0 Å². The molecule has 25 heavy (non-hydrogen) atoms. The molecule has 0 aliphatic carbocycles. The number of hydrogen-bond acceptors (Lipinski definition) is 6. The van der Waals surface area contributed by atoms with E-state index in [0.717, 1.165) is 71.4 Å². The second kappa shape index (κ2) is 9.50. The summed E-state index contributed by atoms with van der Waals surface area (Å²) in [5.41, 5.74) is 1.29. The van der Waals surface area contributed by atoms with Gasteiger partial charge in [0.25, 0.3) is 0 Å². The van der Waals surface area contributed by atoms with Crippen LogP contribution in [0.1, 0.15) is 5.56 Å². The quantitative estimate of drug-likeness (QED) is 0.774. The molecule has 0 aromatic heterocycles. The molecule has 2 saturated heterocycles. The average Bonchev–Trinajstić information content (AvgIpc) is 2.65. The summed E-state index contributed by atoms with van der Waals surface area (Å²) in [5.74, 6) is 0.934. The van der Waals surface area contributed by atoms with Gasteiger partial charge in [-0.25, -0.2) is 0 Å². The molecule has 0 unspecified atom stereocenters. The number of piperazine rings is 1. The summed E-state index contributed by atoms with van der Waals surface area (Å²) < 4.78 is 11.2. The van der Waals surface area contributed by atoms with Gasteiger partial charge in [0.2, 0.25) is 0 Å². The molecule has 1 aromatic carbocycles. The highest BCUT2D eigenvalue weighted by Crippen LogP contribution is 2.16. The van der Waals surface area contributed by atoms with E-state index < -0.39 is 0 Å². The van der Waals surface area contributed by atoms with Crippen molar-refractivity contribution < 1.29 is 14.6 Å². The summed E-state index contributed by atoms with van der Waals surface area (Å²) in [5, 5.41) is 9.46. The van der Waals surface area contributed by atoms with E-state index in [9.17, 15) is 5.11 Å². The van der Waals surface area contributed by atoms with Crippen LogP contribution in [0.5, 0.6) is 5.75 Å². The number of likely N-dealkylation sites (N-methyl/N-ethyl adjacent to an activating group) is 1. The minimum atomic E-state index is 0.225. The van der Waals surface area contributed by atoms with Crippen molar-refractivity contribution in [1.82, 2.24) is 14.7 Å². The van der Waals surface area contributed by atoms with Crippen LogP contribution in [-0.2, 0) is 11.3 Å². The van der Waals surface area contributed by atoms with Crippen LogP contribution in [0.15, 0.2) is 24.3 Å². The number of ether oxygens (including phenoxy) is 2. The van der Waals surface area contributed by atoms with Crippen molar-refractivity contribution in [2.24, 2.45) is 0 Å². The topological polar surface area (TPSA) is 48.4 Å². The standard InChI is InChI=1S/C19H31N3O3/c1-20-6-7-22(15-18(20)16-23)14-17-2-4-19(5-3-17)25-13-10-21-8-11-24-12-9-21/h2-5,18,23H,6-16H2,1H3/t18-/m0/s1. The average molecular weight is 349 g/mol. The molecule has 6 heteroatoms. The first-order valence-electron chi connectivity index (χ1n) is 9.30. The highest BCUT2D eigenvalue weighted by Gasteiger charge is 2.23. The lowest BCUT2D eigenvalue weighted by Crippen LogP contribution is -2.52. The van der Waals surface area contributed by atoms with Crippen molar-refractivity contribution in [3.63, 3.8) is 0 Å². The summed E-state index contributed by atoms with van der Waals surface area (Å²) in [4.78, 5) is 7.03. The SMILES string of the molecule is CN1CCN(Cc2ccc(OCCN3CCOCC3)cc2)C[C@H]1CO. The Kier molecular flexibility index (Phi) is 7.07. The van der Waals surface area contributed by atoms with Crippen LogP contribution in [0.2, 0.25) is 0 Å². The van der Waals surface area contributed by atoms with Crippen molar-refractivity contribution in [3.8, 4) is 5.75 Å². The molecule has 0 amide bonds. The lowest BCUT2D eigenvalue weighted by molar-refractivity contribution is 0.0322. The monoisotopic (exact) mass is 349 g/mol. The fourth-order valence-corrected chi connectivity index (χ4v) is 3.42. The van der Waals surface area contributed by atoms with Crippen LogP contribution in [-0.4, -0.2) is 98.6 Å². The van der Waals surface area contributed by atoms with Crippen LogP contribution in [0.3, 0.4) is 0 Å². The molecule has 140 valence electrons. The van der Waals surface area contributed by atoms with Gasteiger partial charge >= 0.3 is 0 Å². The third kappa shape index (κ3) is 5.66. The first-order valence-corrected chi connectivity index (χ1v) is 9.30. The number of benzene rings is 1. The van der Waals surface area contributed by atoms with Crippen LogP contribution < -0.4 is 4.74 Å². The van der Waals surface area contributed by atoms with Gasteiger partial charge in [0.15, 0.2) is 0 Å². The van der Waals surface area contributed by atoms with Crippen LogP contribution in [0, 0.1) is 0 Å². The zero-order valence-corrected chi connectivity index (χ0v) is 15.3. The van der Waals surface area contributed by atoms with Crippen molar-refractivity contribution in [2.75, 3.05) is 72.7 Å². The van der Waals surface area contributed by atoms with E-state index in [2.05, 4.69) is 46.0 Å². The molecule has 3 rings (SSSR count). The van der Waals surface area contributed by atoms with E-state index >= 15 is 0 Å². The van der Waals surface area contributed by atoms with Crippen LogP contribution in [0.4, 0.5) is 0 Å². The fourth-order valence-electron chi connectivity index (χ4n) is 3.42. The van der Waals surface area contributed by atoms with E-state index in [4.69, 9.17) is 9.47 Å². The molecular weight excluding hydrogens is 318 g/mol. The van der Waals surface area contributed by atoms with Gasteiger partial charge in [0.05, 0.1) is 19.8 Å². The fraction of sp³-hybridized carbons (Fsp3) is 0.684. The van der Waals surface area contributed by atoms with Crippen molar-refractivity contribution in [2.45, 2.75) is 12.6 Å². The predicted molar refractivity (Wildman–Crippen MR) is 98.0 cm³/mol. The van der Waals surface area contributed by atoms with Gasteiger partial charge < -0.3 is 14.6 Å². The highest BCUT2D eigenvalue weighted by atomic mass is 16.5. The second-order valence-corrected chi connectivity index (χ2v) is 7.00. The number of aliphatic hydroxyl groups is 1. The van der Waals surface area contributed by atoms with Gasteiger partial charge in [-0.05, 0) is 24.7 Å². The Labute approximate surface area is 150 Å². The molecular formula is C19H31N3O3. The molecule has 1 N–H and O–H groups in total. The highest BCUT2D eigenvalue weighted by molar-refractivity contribution is 5.27. The van der Waals surface area contributed by atoms with Gasteiger partial charge in [0.1, 0.15) is 12.4 Å². The number of nitrogens with zero attached hydrogens (tertiary/aromatic N) is 3. The van der Waals surface area contributed by atoms with Crippen molar-refractivity contribution in [1.29, 1.82) is 0 Å². The van der Waals surface area contributed by atoms with E-state index in [1.165, 1.54) is 5.56 Å². The summed E-state index contributed by atoms with van der Waals surface area (Å²) in [7, 11) is 2.08. The minimum Gasteiger partial charge on any atom is -0.492 e. The summed E-state index contributed by atoms with van der Waals surface area (Å²) in [6, 6.07) is 8.67. The zero-order chi connectivity index (χ0) is 17.5. The Morgan fingerprint density at radius 1 is 1.08 bits per heavy atom. The molecule has 0 spiro atoms. The van der Waals surface area contributed by atoms with E-state index in [1.807, 2.05) is 0 Å². The van der Waals surface area contributed by atoms with E-state index in [1.54, 1.807) is 0 Å². The van der Waals surface area contributed by atoms with Gasteiger partial charge in [-0.15, -0.1) is 0 Å². The maximum Gasteiger partial charge on any atom is 0.119 e. The van der Waals surface area contributed by atoms with Gasteiger partial charge in [0, 0.05) is 51.9 Å². The zero-order valence-electron chi connectivity index (χ0n) is 15.3. The van der Waals surface area contributed by atoms with Crippen molar-refractivity contribution >= 4 is 0 Å². The summed E-state index contributed by atoms with van der Waals surface area (Å²) in [6.07, 6.45) is 0. The third-order valence-corrected chi connectivity index (χ3v) is 5.18. The Morgan fingerprint density at radius 3 is 2.56 bits per heavy atom. The Balaban J connectivity index is 1.41. The number of aliphatic hydroxyl groups excluding tert-OH is 1.